The maximum Gasteiger partial charge on any atom is 0.168 e. The highest BCUT2D eigenvalue weighted by Gasteiger charge is 2.31. The number of aromatic nitrogens is 2. The maximum absolute atomic E-state index is 14.6. The van der Waals surface area contributed by atoms with Crippen LogP contribution in [0.4, 0.5) is 4.39 Å². The van der Waals surface area contributed by atoms with Gasteiger partial charge in [0.1, 0.15) is 23.9 Å². The molecule has 37 heavy (non-hydrogen) atoms. The van der Waals surface area contributed by atoms with Gasteiger partial charge in [0.05, 0.1) is 25.4 Å². The number of nitrogens with zero attached hydrogens (tertiary/aromatic N) is 3. The Hall–Kier alpha value is -2.94. The van der Waals surface area contributed by atoms with E-state index in [1.54, 1.807) is 18.3 Å². The standard InChI is InChI=1S/C28H29ClFN3O4/c29-19-4-5-23(24(30)12-19)26-17-36-25-3-1-2-22(28(25)37-26)18-6-9-32(10-7-18)15-27-31-13-20(16-34)33(27)14-21-8-11-35-21/h1-5,12-13,16,18,21,26H,6-11,14-15,17H2/t21-,26+/m0/s1. The quantitative estimate of drug-likeness (QED) is 0.397. The van der Waals surface area contributed by atoms with Gasteiger partial charge in [-0.3, -0.25) is 9.69 Å². The Morgan fingerprint density at radius 3 is 2.70 bits per heavy atom. The van der Waals surface area contributed by atoms with Crippen LogP contribution in [0.25, 0.3) is 0 Å². The zero-order valence-corrected chi connectivity index (χ0v) is 21.2. The van der Waals surface area contributed by atoms with Crippen molar-refractivity contribution in [3.8, 4) is 11.5 Å². The van der Waals surface area contributed by atoms with E-state index in [9.17, 15) is 9.18 Å². The predicted molar refractivity (Wildman–Crippen MR) is 136 cm³/mol. The third-order valence-corrected chi connectivity index (χ3v) is 7.87. The molecular formula is C28H29ClFN3O4. The van der Waals surface area contributed by atoms with Crippen LogP contribution in [0.5, 0.6) is 11.5 Å². The van der Waals surface area contributed by atoms with Gasteiger partial charge in [0.25, 0.3) is 0 Å². The number of imidazole rings is 1. The molecule has 0 amide bonds. The molecule has 2 fully saturated rings. The molecule has 7 nitrogen and oxygen atoms in total. The molecule has 2 aromatic carbocycles. The summed E-state index contributed by atoms with van der Waals surface area (Å²) in [6.07, 6.45) is 5.07. The summed E-state index contributed by atoms with van der Waals surface area (Å²) >= 11 is 5.93. The third kappa shape index (κ3) is 4.98. The van der Waals surface area contributed by atoms with Crippen LogP contribution in [0, 0.1) is 5.82 Å². The number of aldehydes is 1. The second-order valence-electron chi connectivity index (χ2n) is 9.92. The van der Waals surface area contributed by atoms with Crippen molar-refractivity contribution in [1.29, 1.82) is 0 Å². The second-order valence-corrected chi connectivity index (χ2v) is 10.4. The van der Waals surface area contributed by atoms with Gasteiger partial charge in [0.2, 0.25) is 0 Å². The van der Waals surface area contributed by atoms with Crippen LogP contribution in [0.1, 0.15) is 58.7 Å². The molecule has 0 N–H and O–H groups in total. The van der Waals surface area contributed by atoms with Crippen molar-refractivity contribution in [2.24, 2.45) is 0 Å². The fourth-order valence-electron chi connectivity index (χ4n) is 5.45. The molecule has 2 saturated heterocycles. The van der Waals surface area contributed by atoms with E-state index in [0.29, 0.717) is 46.8 Å². The van der Waals surface area contributed by atoms with E-state index < -0.39 is 11.9 Å². The number of fused-ring (bicyclic) bond motifs is 1. The number of halogens is 2. The van der Waals surface area contributed by atoms with Crippen molar-refractivity contribution in [2.45, 2.75) is 50.5 Å². The lowest BCUT2D eigenvalue weighted by molar-refractivity contribution is -0.0599. The Morgan fingerprint density at radius 1 is 1.14 bits per heavy atom. The Kier molecular flexibility index (Phi) is 6.88. The number of para-hydroxylation sites is 1. The topological polar surface area (TPSA) is 65.8 Å². The molecule has 0 radical (unpaired) electrons. The first-order chi connectivity index (χ1) is 18.1. The number of carbonyl (C=O) groups is 1. The summed E-state index contributed by atoms with van der Waals surface area (Å²) in [6.45, 7) is 4.18. The van der Waals surface area contributed by atoms with Gasteiger partial charge in [0.15, 0.2) is 23.9 Å². The first kappa shape index (κ1) is 24.4. The van der Waals surface area contributed by atoms with Gasteiger partial charge in [-0.2, -0.15) is 0 Å². The van der Waals surface area contributed by atoms with E-state index in [1.165, 1.54) is 6.07 Å². The van der Waals surface area contributed by atoms with Gasteiger partial charge in [-0.15, -0.1) is 0 Å². The van der Waals surface area contributed by atoms with Crippen LogP contribution < -0.4 is 9.47 Å². The maximum atomic E-state index is 14.6. The second kappa shape index (κ2) is 10.4. The third-order valence-electron chi connectivity index (χ3n) is 7.63. The molecule has 3 aliphatic rings. The molecule has 0 bridgehead atoms. The highest BCUT2D eigenvalue weighted by molar-refractivity contribution is 6.30. The molecule has 2 atom stereocenters. The first-order valence-corrected chi connectivity index (χ1v) is 13.2. The predicted octanol–water partition coefficient (Wildman–Crippen LogP) is 5.17. The van der Waals surface area contributed by atoms with Crippen molar-refractivity contribution in [3.05, 3.63) is 76.1 Å². The normalized spacial score (nSPS) is 22.0. The molecule has 3 aromatic rings. The van der Waals surface area contributed by atoms with Crippen molar-refractivity contribution in [2.75, 3.05) is 26.3 Å². The van der Waals surface area contributed by atoms with E-state index in [0.717, 1.165) is 56.6 Å². The summed E-state index contributed by atoms with van der Waals surface area (Å²) in [5, 5.41) is 0.354. The van der Waals surface area contributed by atoms with E-state index >= 15 is 0 Å². The van der Waals surface area contributed by atoms with Crippen LogP contribution in [0.3, 0.4) is 0 Å². The fraction of sp³-hybridized carbons (Fsp3) is 0.429. The summed E-state index contributed by atoms with van der Waals surface area (Å²) in [6, 6.07) is 10.6. The zero-order chi connectivity index (χ0) is 25.4. The first-order valence-electron chi connectivity index (χ1n) is 12.8. The minimum Gasteiger partial charge on any atom is -0.485 e. The number of piperidine rings is 1. The van der Waals surface area contributed by atoms with Gasteiger partial charge >= 0.3 is 0 Å². The number of hydrogen-bond acceptors (Lipinski definition) is 6. The molecule has 194 valence electrons. The lowest BCUT2D eigenvalue weighted by atomic mass is 9.88. The minimum absolute atomic E-state index is 0.161. The molecule has 6 rings (SSSR count). The summed E-state index contributed by atoms with van der Waals surface area (Å²) in [5.74, 6) is 2.22. The van der Waals surface area contributed by atoms with E-state index in [4.69, 9.17) is 25.8 Å². The molecule has 0 aliphatic carbocycles. The number of likely N-dealkylation sites (tertiary alicyclic amines) is 1. The lowest BCUT2D eigenvalue weighted by Gasteiger charge is -2.35. The number of benzene rings is 2. The van der Waals surface area contributed by atoms with Crippen LogP contribution in [0.15, 0.2) is 42.6 Å². The van der Waals surface area contributed by atoms with Crippen molar-refractivity contribution >= 4 is 17.9 Å². The van der Waals surface area contributed by atoms with E-state index in [-0.39, 0.29) is 12.7 Å². The summed E-state index contributed by atoms with van der Waals surface area (Å²) < 4.78 is 34.5. The Morgan fingerprint density at radius 2 is 1.97 bits per heavy atom. The van der Waals surface area contributed by atoms with Gasteiger partial charge in [-0.25, -0.2) is 9.37 Å². The fourth-order valence-corrected chi connectivity index (χ4v) is 5.60. The van der Waals surface area contributed by atoms with Gasteiger partial charge in [-0.05, 0) is 56.5 Å². The molecule has 4 heterocycles. The number of hydrogen-bond donors (Lipinski definition) is 0. The minimum atomic E-state index is -0.531. The monoisotopic (exact) mass is 525 g/mol. The zero-order valence-electron chi connectivity index (χ0n) is 20.4. The number of ether oxygens (including phenoxy) is 3. The average molecular weight is 526 g/mol. The number of rotatable bonds is 7. The van der Waals surface area contributed by atoms with Crippen molar-refractivity contribution in [1.82, 2.24) is 14.5 Å². The highest BCUT2D eigenvalue weighted by Crippen LogP contribution is 2.45. The molecule has 0 spiro atoms. The van der Waals surface area contributed by atoms with Crippen LogP contribution in [0.2, 0.25) is 5.02 Å². The Labute approximate surface area is 220 Å². The summed E-state index contributed by atoms with van der Waals surface area (Å²) in [7, 11) is 0. The SMILES string of the molecule is O=Cc1cnc(CN2CCC(c3cccc4c3O[C@@H](c3ccc(Cl)cc3F)CO4)CC2)n1C[C@@H]1CCO1. The smallest absolute Gasteiger partial charge is 0.168 e. The van der Waals surface area contributed by atoms with Gasteiger partial charge < -0.3 is 18.8 Å². The lowest BCUT2D eigenvalue weighted by Crippen LogP contribution is -2.36. The molecule has 0 unspecified atom stereocenters. The average Bonchev–Trinajstić information content (AvgIpc) is 3.27. The summed E-state index contributed by atoms with van der Waals surface area (Å²) in [5.41, 5.74) is 2.14. The number of carbonyl (C=O) groups excluding carboxylic acids is 1. The van der Waals surface area contributed by atoms with Crippen LogP contribution >= 0.6 is 11.6 Å². The Bertz CT molecular complexity index is 1290. The van der Waals surface area contributed by atoms with Crippen molar-refractivity contribution < 1.29 is 23.4 Å². The summed E-state index contributed by atoms with van der Waals surface area (Å²) in [4.78, 5) is 18.4. The van der Waals surface area contributed by atoms with E-state index in [2.05, 4.69) is 16.0 Å². The molecule has 0 saturated carbocycles. The molecule has 1 aromatic heterocycles. The molecular weight excluding hydrogens is 497 g/mol. The van der Waals surface area contributed by atoms with Crippen molar-refractivity contribution in [3.63, 3.8) is 0 Å². The largest absolute Gasteiger partial charge is 0.485 e. The van der Waals surface area contributed by atoms with E-state index in [1.807, 2.05) is 16.7 Å². The highest BCUT2D eigenvalue weighted by atomic mass is 35.5. The molecule has 3 aliphatic heterocycles. The van der Waals surface area contributed by atoms with Crippen LogP contribution in [-0.4, -0.2) is 53.1 Å². The van der Waals surface area contributed by atoms with Gasteiger partial charge in [0, 0.05) is 22.8 Å². The Balaban J connectivity index is 1.14. The van der Waals surface area contributed by atoms with Gasteiger partial charge in [-0.1, -0.05) is 29.8 Å². The van der Waals surface area contributed by atoms with Crippen LogP contribution in [-0.2, 0) is 17.8 Å². The molecule has 9 heteroatoms.